The smallest absolute Gasteiger partial charge is 0.225 e. The van der Waals surface area contributed by atoms with Crippen LogP contribution in [0.3, 0.4) is 0 Å². The molecule has 16 heavy (non-hydrogen) atoms. The molecule has 0 bridgehead atoms. The van der Waals surface area contributed by atoms with Crippen LogP contribution >= 0.6 is 0 Å². The molecule has 0 radical (unpaired) electrons. The normalized spacial score (nSPS) is 20.9. The lowest BCUT2D eigenvalue weighted by atomic mass is 10.1. The number of nitrogen functional groups attached to an aromatic ring is 1. The van der Waals surface area contributed by atoms with Gasteiger partial charge in [0.15, 0.2) is 0 Å². The largest absolute Gasteiger partial charge is 0.481 e. The fraction of sp³-hybridized carbons (Fsp3) is 0.600. The average molecular weight is 224 g/mol. The monoisotopic (exact) mass is 224 g/mol. The van der Waals surface area contributed by atoms with Crippen LogP contribution in [0.5, 0.6) is 5.88 Å². The Morgan fingerprint density at radius 3 is 3.06 bits per heavy atom. The summed E-state index contributed by atoms with van der Waals surface area (Å²) in [6.45, 7) is 1.45. The van der Waals surface area contributed by atoms with Gasteiger partial charge >= 0.3 is 0 Å². The fourth-order valence-corrected chi connectivity index (χ4v) is 1.86. The molecule has 1 saturated heterocycles. The molecular formula is C10H16N4O2. The molecule has 88 valence electrons. The van der Waals surface area contributed by atoms with Crippen LogP contribution in [0, 0.1) is 0 Å². The minimum Gasteiger partial charge on any atom is -0.481 e. The van der Waals surface area contributed by atoms with Crippen molar-refractivity contribution in [1.29, 1.82) is 0 Å². The summed E-state index contributed by atoms with van der Waals surface area (Å²) in [6.07, 6.45) is 1.50. The third-order valence-corrected chi connectivity index (χ3v) is 2.64. The van der Waals surface area contributed by atoms with Gasteiger partial charge in [-0.25, -0.2) is 0 Å². The molecule has 0 saturated carbocycles. The van der Waals surface area contributed by atoms with Crippen LogP contribution in [0.1, 0.15) is 12.8 Å². The number of piperidine rings is 1. The summed E-state index contributed by atoms with van der Waals surface area (Å²) >= 11 is 0. The maximum atomic E-state index is 9.59. The molecule has 1 unspecified atom stereocenters. The van der Waals surface area contributed by atoms with Crippen molar-refractivity contribution in [2.75, 3.05) is 30.8 Å². The molecule has 3 N–H and O–H groups in total. The van der Waals surface area contributed by atoms with Gasteiger partial charge < -0.3 is 20.5 Å². The van der Waals surface area contributed by atoms with E-state index < -0.39 is 0 Å². The molecule has 1 atom stereocenters. The van der Waals surface area contributed by atoms with Crippen molar-refractivity contribution in [2.45, 2.75) is 18.9 Å². The quantitative estimate of drug-likeness (QED) is 0.737. The number of nitrogens with zero attached hydrogens (tertiary/aromatic N) is 3. The second-order valence-electron chi connectivity index (χ2n) is 3.87. The fourth-order valence-electron chi connectivity index (χ4n) is 1.86. The Morgan fingerprint density at radius 2 is 2.38 bits per heavy atom. The predicted molar refractivity (Wildman–Crippen MR) is 60.5 cm³/mol. The van der Waals surface area contributed by atoms with E-state index in [1.165, 1.54) is 7.11 Å². The van der Waals surface area contributed by atoms with Gasteiger partial charge in [0.25, 0.3) is 0 Å². The predicted octanol–water partition coefficient (Wildman–Crippen LogP) is 0.0285. The zero-order valence-electron chi connectivity index (χ0n) is 9.26. The number of aliphatic hydroxyl groups excluding tert-OH is 1. The molecular weight excluding hydrogens is 208 g/mol. The number of aromatic nitrogens is 2. The van der Waals surface area contributed by atoms with E-state index in [1.807, 2.05) is 4.90 Å². The van der Waals surface area contributed by atoms with Gasteiger partial charge in [0.2, 0.25) is 11.8 Å². The van der Waals surface area contributed by atoms with Crippen LogP contribution in [-0.2, 0) is 0 Å². The number of ether oxygens (including phenoxy) is 1. The summed E-state index contributed by atoms with van der Waals surface area (Å²) in [7, 11) is 1.54. The summed E-state index contributed by atoms with van der Waals surface area (Å²) in [6, 6.07) is 1.73. The van der Waals surface area contributed by atoms with Gasteiger partial charge in [0.1, 0.15) is 5.82 Å². The van der Waals surface area contributed by atoms with Gasteiger partial charge in [-0.15, -0.1) is 0 Å². The Labute approximate surface area is 94.1 Å². The molecule has 6 heteroatoms. The standard InChI is InChI=1S/C10H16N4O2/c1-16-9-5-8(12-10(11)13-9)14-4-2-3-7(15)6-14/h5,7,15H,2-4,6H2,1H3,(H2,11,12,13). The lowest BCUT2D eigenvalue weighted by molar-refractivity contribution is 0.154. The van der Waals surface area contributed by atoms with Gasteiger partial charge in [-0.3, -0.25) is 0 Å². The Balaban J connectivity index is 2.21. The van der Waals surface area contributed by atoms with Crippen molar-refractivity contribution in [1.82, 2.24) is 9.97 Å². The highest BCUT2D eigenvalue weighted by atomic mass is 16.5. The molecule has 0 aromatic carbocycles. The van der Waals surface area contributed by atoms with Gasteiger partial charge in [-0.2, -0.15) is 9.97 Å². The Bertz CT molecular complexity index is 372. The highest BCUT2D eigenvalue weighted by Gasteiger charge is 2.19. The maximum absolute atomic E-state index is 9.59. The minimum absolute atomic E-state index is 0.189. The van der Waals surface area contributed by atoms with Crippen LogP contribution in [-0.4, -0.2) is 41.4 Å². The molecule has 2 heterocycles. The van der Waals surface area contributed by atoms with Gasteiger partial charge in [0.05, 0.1) is 13.2 Å². The van der Waals surface area contributed by atoms with Gasteiger partial charge in [-0.05, 0) is 12.8 Å². The van der Waals surface area contributed by atoms with Crippen molar-refractivity contribution in [2.24, 2.45) is 0 Å². The van der Waals surface area contributed by atoms with E-state index in [4.69, 9.17) is 10.5 Å². The second-order valence-corrected chi connectivity index (χ2v) is 3.87. The average Bonchev–Trinajstić information content (AvgIpc) is 2.28. The van der Waals surface area contributed by atoms with Crippen molar-refractivity contribution in [3.05, 3.63) is 6.07 Å². The van der Waals surface area contributed by atoms with E-state index >= 15 is 0 Å². The number of β-amino-alcohol motifs (C(OH)–C–C–N with tert-alkyl or cyclic N) is 1. The molecule has 1 aliphatic rings. The summed E-state index contributed by atoms with van der Waals surface area (Å²) in [5, 5.41) is 9.59. The first-order valence-corrected chi connectivity index (χ1v) is 5.30. The lowest BCUT2D eigenvalue weighted by Gasteiger charge is -2.31. The Hall–Kier alpha value is -1.56. The Kier molecular flexibility index (Phi) is 3.09. The number of anilines is 2. The topological polar surface area (TPSA) is 84.5 Å². The van der Waals surface area contributed by atoms with Crippen molar-refractivity contribution in [3.63, 3.8) is 0 Å². The first-order valence-electron chi connectivity index (χ1n) is 5.30. The molecule has 0 spiro atoms. The first kappa shape index (κ1) is 10.9. The van der Waals surface area contributed by atoms with E-state index in [-0.39, 0.29) is 12.1 Å². The number of hydrogen-bond acceptors (Lipinski definition) is 6. The summed E-state index contributed by atoms with van der Waals surface area (Å²) in [5.74, 6) is 1.35. The molecule has 0 aliphatic carbocycles. The number of nitrogens with two attached hydrogens (primary N) is 1. The van der Waals surface area contributed by atoms with Gasteiger partial charge in [0, 0.05) is 19.2 Å². The molecule has 1 aromatic rings. The summed E-state index contributed by atoms with van der Waals surface area (Å²) in [5.41, 5.74) is 5.58. The van der Waals surface area contributed by atoms with Crippen molar-refractivity contribution >= 4 is 11.8 Å². The second kappa shape index (κ2) is 4.52. The number of methoxy groups -OCH3 is 1. The SMILES string of the molecule is COc1cc(N2CCCC(O)C2)nc(N)n1. The van der Waals surface area contributed by atoms with E-state index in [1.54, 1.807) is 6.07 Å². The number of hydrogen-bond donors (Lipinski definition) is 2. The van der Waals surface area contributed by atoms with Crippen molar-refractivity contribution < 1.29 is 9.84 Å². The zero-order valence-corrected chi connectivity index (χ0v) is 9.26. The van der Waals surface area contributed by atoms with E-state index in [0.29, 0.717) is 18.2 Å². The van der Waals surface area contributed by atoms with Gasteiger partial charge in [-0.1, -0.05) is 0 Å². The molecule has 6 nitrogen and oxygen atoms in total. The highest BCUT2D eigenvalue weighted by Crippen LogP contribution is 2.21. The van der Waals surface area contributed by atoms with Crippen LogP contribution in [0.4, 0.5) is 11.8 Å². The maximum Gasteiger partial charge on any atom is 0.225 e. The van der Waals surface area contributed by atoms with Crippen LogP contribution in [0.15, 0.2) is 6.07 Å². The van der Waals surface area contributed by atoms with Crippen molar-refractivity contribution in [3.8, 4) is 5.88 Å². The first-order chi connectivity index (χ1) is 7.69. The van der Waals surface area contributed by atoms with Crippen LogP contribution < -0.4 is 15.4 Å². The molecule has 2 rings (SSSR count). The number of aliphatic hydroxyl groups is 1. The number of rotatable bonds is 2. The van der Waals surface area contributed by atoms with E-state index in [0.717, 1.165) is 19.4 Å². The summed E-state index contributed by atoms with van der Waals surface area (Å²) in [4.78, 5) is 10.1. The molecule has 1 fully saturated rings. The highest BCUT2D eigenvalue weighted by molar-refractivity contribution is 5.45. The molecule has 1 aromatic heterocycles. The van der Waals surface area contributed by atoms with Crippen LogP contribution in [0.2, 0.25) is 0 Å². The van der Waals surface area contributed by atoms with Crippen LogP contribution in [0.25, 0.3) is 0 Å². The minimum atomic E-state index is -0.295. The van der Waals surface area contributed by atoms with E-state index in [2.05, 4.69) is 9.97 Å². The third kappa shape index (κ3) is 2.33. The third-order valence-electron chi connectivity index (χ3n) is 2.64. The zero-order chi connectivity index (χ0) is 11.5. The molecule has 0 amide bonds. The van der Waals surface area contributed by atoms with E-state index in [9.17, 15) is 5.11 Å². The Morgan fingerprint density at radius 1 is 1.56 bits per heavy atom. The lowest BCUT2D eigenvalue weighted by Crippen LogP contribution is -2.38. The summed E-state index contributed by atoms with van der Waals surface area (Å²) < 4.78 is 5.03. The molecule has 1 aliphatic heterocycles.